The van der Waals surface area contributed by atoms with E-state index in [1.807, 2.05) is 32.0 Å². The van der Waals surface area contributed by atoms with Crippen molar-refractivity contribution in [1.29, 1.82) is 0 Å². The molecule has 3 rings (SSSR count). The second-order valence-corrected chi connectivity index (χ2v) is 8.20. The smallest absolute Gasteiger partial charge is 0.437 e. The average Bonchev–Trinajstić information content (AvgIpc) is 3.01. The molecule has 0 aliphatic carbocycles. The van der Waals surface area contributed by atoms with Crippen molar-refractivity contribution in [3.63, 3.8) is 0 Å². The van der Waals surface area contributed by atoms with Gasteiger partial charge in [-0.3, -0.25) is 4.79 Å². The molecule has 0 amide bonds. The molecule has 6 heteroatoms. The maximum Gasteiger partial charge on any atom is 0.437 e. The summed E-state index contributed by atoms with van der Waals surface area (Å²) in [7, 11) is 0. The van der Waals surface area contributed by atoms with Crippen molar-refractivity contribution >= 4 is 5.97 Å². The fraction of sp³-hybridized carbons (Fsp3) is 0.348. The van der Waals surface area contributed by atoms with Crippen LogP contribution < -0.4 is 5.76 Å². The first-order chi connectivity index (χ1) is 13.6. The molecule has 0 aliphatic heterocycles. The van der Waals surface area contributed by atoms with Crippen molar-refractivity contribution in [2.24, 2.45) is 0 Å². The highest BCUT2D eigenvalue weighted by atomic mass is 16.5. The minimum absolute atomic E-state index is 0.0509. The number of hydrogen-bond acceptors (Lipinski definition) is 5. The van der Waals surface area contributed by atoms with E-state index in [1.54, 1.807) is 12.1 Å². The summed E-state index contributed by atoms with van der Waals surface area (Å²) in [5.41, 5.74) is 5.09. The lowest BCUT2D eigenvalue weighted by Crippen LogP contribution is -2.23. The van der Waals surface area contributed by atoms with Gasteiger partial charge < -0.3 is 9.15 Å². The van der Waals surface area contributed by atoms with E-state index in [0.29, 0.717) is 5.56 Å². The van der Waals surface area contributed by atoms with Crippen molar-refractivity contribution in [2.75, 3.05) is 0 Å². The minimum atomic E-state index is -0.692. The van der Waals surface area contributed by atoms with Crippen molar-refractivity contribution in [1.82, 2.24) is 9.78 Å². The first-order valence-electron chi connectivity index (χ1n) is 9.55. The molecule has 0 saturated heterocycles. The van der Waals surface area contributed by atoms with Crippen LogP contribution in [0.1, 0.15) is 43.0 Å². The van der Waals surface area contributed by atoms with Crippen LogP contribution in [-0.2, 0) is 28.1 Å². The van der Waals surface area contributed by atoms with Gasteiger partial charge in [-0.25, -0.2) is 4.79 Å². The van der Waals surface area contributed by atoms with Gasteiger partial charge in [0, 0.05) is 5.56 Å². The maximum atomic E-state index is 12.3. The van der Waals surface area contributed by atoms with Gasteiger partial charge in [-0.05, 0) is 53.6 Å². The zero-order chi connectivity index (χ0) is 21.2. The van der Waals surface area contributed by atoms with Gasteiger partial charge in [-0.15, -0.1) is 5.10 Å². The minimum Gasteiger partial charge on any atom is -0.459 e. The van der Waals surface area contributed by atoms with E-state index in [1.165, 1.54) is 5.56 Å². The Morgan fingerprint density at radius 3 is 2.31 bits per heavy atom. The lowest BCUT2D eigenvalue weighted by molar-refractivity contribution is -0.146. The zero-order valence-corrected chi connectivity index (χ0v) is 17.5. The Hall–Kier alpha value is -3.15. The number of benzene rings is 2. The van der Waals surface area contributed by atoms with Crippen LogP contribution in [0, 0.1) is 13.8 Å². The third kappa shape index (κ3) is 4.83. The molecule has 1 heterocycles. The van der Waals surface area contributed by atoms with Gasteiger partial charge in [-0.2, -0.15) is 4.68 Å². The molecule has 152 valence electrons. The van der Waals surface area contributed by atoms with Crippen LogP contribution in [0.25, 0.3) is 11.5 Å². The molecule has 3 aromatic rings. The molecule has 2 aromatic carbocycles. The predicted molar refractivity (Wildman–Crippen MR) is 111 cm³/mol. The standard InChI is InChI=1S/C23H26N2O4/c1-15-11-18(23(3,4)5)12-16(2)19(15)14-28-20(26)13-25-22(27)29-21(24-25)17-9-7-6-8-10-17/h6-12H,13-14H2,1-5H3. The van der Waals surface area contributed by atoms with Crippen LogP contribution in [0.3, 0.4) is 0 Å². The van der Waals surface area contributed by atoms with E-state index in [-0.39, 0.29) is 24.5 Å². The maximum absolute atomic E-state index is 12.3. The van der Waals surface area contributed by atoms with E-state index in [4.69, 9.17) is 9.15 Å². The van der Waals surface area contributed by atoms with Gasteiger partial charge in [0.05, 0.1) is 0 Å². The van der Waals surface area contributed by atoms with Gasteiger partial charge >= 0.3 is 11.7 Å². The Bertz CT molecular complexity index is 1050. The molecule has 0 aliphatic rings. The SMILES string of the molecule is Cc1cc(C(C)(C)C)cc(C)c1COC(=O)Cn1nc(-c2ccccc2)oc1=O. The highest BCUT2D eigenvalue weighted by Crippen LogP contribution is 2.27. The van der Waals surface area contributed by atoms with Crippen molar-refractivity contribution < 1.29 is 13.9 Å². The summed E-state index contributed by atoms with van der Waals surface area (Å²) >= 11 is 0. The molecule has 29 heavy (non-hydrogen) atoms. The third-order valence-corrected chi connectivity index (χ3v) is 4.85. The van der Waals surface area contributed by atoms with Gasteiger partial charge in [-0.1, -0.05) is 51.1 Å². The van der Waals surface area contributed by atoms with Gasteiger partial charge in [0.1, 0.15) is 13.2 Å². The molecule has 0 N–H and O–H groups in total. The summed E-state index contributed by atoms with van der Waals surface area (Å²) in [4.78, 5) is 24.3. The second-order valence-electron chi connectivity index (χ2n) is 8.20. The quantitative estimate of drug-likeness (QED) is 0.608. The number of hydrogen-bond donors (Lipinski definition) is 0. The molecule has 0 bridgehead atoms. The third-order valence-electron chi connectivity index (χ3n) is 4.85. The largest absolute Gasteiger partial charge is 0.459 e. The first-order valence-corrected chi connectivity index (χ1v) is 9.55. The number of carbonyl (C=O) groups excluding carboxylic acids is 1. The van der Waals surface area contributed by atoms with Crippen molar-refractivity contribution in [3.05, 3.63) is 75.3 Å². The number of aromatic nitrogens is 2. The molecule has 0 spiro atoms. The highest BCUT2D eigenvalue weighted by Gasteiger charge is 2.18. The second kappa shape index (κ2) is 8.07. The van der Waals surface area contributed by atoms with Crippen LogP contribution >= 0.6 is 0 Å². The van der Waals surface area contributed by atoms with E-state index >= 15 is 0 Å². The van der Waals surface area contributed by atoms with E-state index < -0.39 is 11.7 Å². The van der Waals surface area contributed by atoms with Crippen LogP contribution in [0.5, 0.6) is 0 Å². The Kier molecular flexibility index (Phi) is 5.73. The number of nitrogens with zero attached hydrogens (tertiary/aromatic N) is 2. The molecular weight excluding hydrogens is 368 g/mol. The number of ether oxygens (including phenoxy) is 1. The summed E-state index contributed by atoms with van der Waals surface area (Å²) in [6.45, 7) is 10.4. The molecular formula is C23H26N2O4. The zero-order valence-electron chi connectivity index (χ0n) is 17.5. The number of rotatable bonds is 5. The molecule has 0 unspecified atom stereocenters. The normalized spacial score (nSPS) is 11.5. The van der Waals surface area contributed by atoms with Crippen LogP contribution in [-0.4, -0.2) is 15.7 Å². The Labute approximate surface area is 170 Å². The Morgan fingerprint density at radius 1 is 1.10 bits per heavy atom. The Morgan fingerprint density at radius 2 is 1.72 bits per heavy atom. The van der Waals surface area contributed by atoms with E-state index in [0.717, 1.165) is 21.4 Å². The molecule has 0 radical (unpaired) electrons. The summed E-state index contributed by atoms with van der Waals surface area (Å²) in [5.74, 6) is -1.06. The fourth-order valence-electron chi connectivity index (χ4n) is 3.08. The summed E-state index contributed by atoms with van der Waals surface area (Å²) in [5, 5.41) is 4.09. The van der Waals surface area contributed by atoms with Gasteiger partial charge in [0.25, 0.3) is 0 Å². The van der Waals surface area contributed by atoms with Gasteiger partial charge in [0.15, 0.2) is 0 Å². The monoisotopic (exact) mass is 394 g/mol. The van der Waals surface area contributed by atoms with Gasteiger partial charge in [0.2, 0.25) is 5.89 Å². The van der Waals surface area contributed by atoms with Crippen LogP contribution in [0.15, 0.2) is 51.7 Å². The molecule has 0 saturated carbocycles. The molecule has 6 nitrogen and oxygen atoms in total. The lowest BCUT2D eigenvalue weighted by atomic mass is 9.84. The summed E-state index contributed by atoms with van der Waals surface area (Å²) in [6, 6.07) is 13.3. The molecule has 0 atom stereocenters. The first kappa shape index (κ1) is 20.6. The number of carbonyl (C=O) groups is 1. The number of esters is 1. The fourth-order valence-corrected chi connectivity index (χ4v) is 3.08. The Balaban J connectivity index is 1.68. The van der Waals surface area contributed by atoms with Crippen molar-refractivity contribution in [3.8, 4) is 11.5 Å². The summed E-state index contributed by atoms with van der Waals surface area (Å²) < 4.78 is 11.5. The van der Waals surface area contributed by atoms with Crippen LogP contribution in [0.4, 0.5) is 0 Å². The van der Waals surface area contributed by atoms with E-state index in [9.17, 15) is 9.59 Å². The number of aryl methyl sites for hydroxylation is 2. The van der Waals surface area contributed by atoms with E-state index in [2.05, 4.69) is 38.0 Å². The van der Waals surface area contributed by atoms with Crippen molar-refractivity contribution in [2.45, 2.75) is 53.2 Å². The lowest BCUT2D eigenvalue weighted by Gasteiger charge is -2.22. The highest BCUT2D eigenvalue weighted by molar-refractivity contribution is 5.69. The average molecular weight is 394 g/mol. The molecule has 0 fully saturated rings. The topological polar surface area (TPSA) is 74.3 Å². The summed E-state index contributed by atoms with van der Waals surface area (Å²) in [6.07, 6.45) is 0. The predicted octanol–water partition coefficient (Wildman–Crippen LogP) is 4.16. The van der Waals surface area contributed by atoms with Crippen LogP contribution in [0.2, 0.25) is 0 Å². The molecule has 1 aromatic heterocycles.